The lowest BCUT2D eigenvalue weighted by Crippen LogP contribution is -2.06. The molecule has 1 aliphatic rings. The van der Waals surface area contributed by atoms with Crippen molar-refractivity contribution in [2.75, 3.05) is 13.7 Å². The molecule has 6 heteroatoms. The van der Waals surface area contributed by atoms with Crippen LogP contribution in [0.1, 0.15) is 53.6 Å². The van der Waals surface area contributed by atoms with Gasteiger partial charge in [-0.25, -0.2) is 18.0 Å². The third-order valence-corrected chi connectivity index (χ3v) is 4.67. The second-order valence-electron chi connectivity index (χ2n) is 6.62. The fourth-order valence-electron chi connectivity index (χ4n) is 3.29. The van der Waals surface area contributed by atoms with Gasteiger partial charge in [-0.3, -0.25) is 0 Å². The molecule has 0 atom stereocenters. The van der Waals surface area contributed by atoms with Gasteiger partial charge in [0.25, 0.3) is 0 Å². The van der Waals surface area contributed by atoms with E-state index < -0.39 is 23.4 Å². The van der Waals surface area contributed by atoms with Crippen molar-refractivity contribution in [2.45, 2.75) is 32.1 Å². The first-order valence-electron chi connectivity index (χ1n) is 9.22. The van der Waals surface area contributed by atoms with Crippen molar-refractivity contribution in [3.05, 3.63) is 70.5 Å². The van der Waals surface area contributed by atoms with Crippen LogP contribution in [0.3, 0.4) is 0 Å². The molecule has 28 heavy (non-hydrogen) atoms. The van der Waals surface area contributed by atoms with Gasteiger partial charge in [0.05, 0.1) is 24.8 Å². The highest BCUT2D eigenvalue weighted by Crippen LogP contribution is 2.36. The molecule has 0 aromatic heterocycles. The topological polar surface area (TPSA) is 35.5 Å². The Hall–Kier alpha value is -2.76. The van der Waals surface area contributed by atoms with Gasteiger partial charge in [-0.15, -0.1) is 0 Å². The number of ether oxygens (including phenoxy) is 2. The fourth-order valence-corrected chi connectivity index (χ4v) is 3.29. The molecule has 0 N–H and O–H groups in total. The molecule has 0 amide bonds. The average Bonchev–Trinajstić information content (AvgIpc) is 2.71. The number of benzene rings is 2. The maximum absolute atomic E-state index is 14.6. The normalized spacial score (nSPS) is 16.8. The van der Waals surface area contributed by atoms with Gasteiger partial charge in [0, 0.05) is 17.7 Å². The standard InChI is InChI=1S/C22H21F3O3/c1-27-22(26)14-8-9-20-17(11-14)16(7-5-3-2-4-6-10-28-20)21-18(24)12-15(23)13-19(21)25/h7-9,11-13H,2-6,10H2,1H3/b16-7+. The summed E-state index contributed by atoms with van der Waals surface area (Å²) in [7, 11) is 1.25. The number of esters is 1. The molecule has 0 bridgehead atoms. The smallest absolute Gasteiger partial charge is 0.337 e. The maximum Gasteiger partial charge on any atom is 0.337 e. The lowest BCUT2D eigenvalue weighted by Gasteiger charge is -2.17. The van der Waals surface area contributed by atoms with Crippen LogP contribution < -0.4 is 4.74 Å². The van der Waals surface area contributed by atoms with E-state index in [0.29, 0.717) is 36.5 Å². The molecule has 0 saturated carbocycles. The van der Waals surface area contributed by atoms with Crippen LogP contribution in [-0.2, 0) is 4.74 Å². The third-order valence-electron chi connectivity index (χ3n) is 4.67. The van der Waals surface area contributed by atoms with Crippen LogP contribution in [0.5, 0.6) is 5.75 Å². The summed E-state index contributed by atoms with van der Waals surface area (Å²) in [6, 6.07) is 5.92. The van der Waals surface area contributed by atoms with E-state index in [2.05, 4.69) is 0 Å². The monoisotopic (exact) mass is 390 g/mol. The minimum absolute atomic E-state index is 0.230. The van der Waals surface area contributed by atoms with Gasteiger partial charge in [-0.2, -0.15) is 0 Å². The zero-order valence-electron chi connectivity index (χ0n) is 15.6. The number of fused-ring (bicyclic) bond motifs is 1. The Labute approximate surface area is 161 Å². The molecular formula is C22H21F3O3. The zero-order valence-corrected chi connectivity index (χ0v) is 15.6. The van der Waals surface area contributed by atoms with E-state index in [0.717, 1.165) is 25.7 Å². The summed E-state index contributed by atoms with van der Waals surface area (Å²) < 4.78 is 53.1. The second-order valence-corrected chi connectivity index (χ2v) is 6.62. The molecular weight excluding hydrogens is 369 g/mol. The third kappa shape index (κ3) is 4.38. The Bertz CT molecular complexity index is 883. The van der Waals surface area contributed by atoms with Crippen LogP contribution in [0.2, 0.25) is 0 Å². The molecule has 0 aliphatic carbocycles. The first-order chi connectivity index (χ1) is 13.5. The molecule has 148 valence electrons. The van der Waals surface area contributed by atoms with E-state index in [-0.39, 0.29) is 16.7 Å². The van der Waals surface area contributed by atoms with Gasteiger partial charge < -0.3 is 9.47 Å². The van der Waals surface area contributed by atoms with Crippen LogP contribution in [0, 0.1) is 17.5 Å². The molecule has 1 aliphatic heterocycles. The van der Waals surface area contributed by atoms with Crippen LogP contribution in [0.4, 0.5) is 13.2 Å². The summed E-state index contributed by atoms with van der Waals surface area (Å²) >= 11 is 0. The highest BCUT2D eigenvalue weighted by Gasteiger charge is 2.22. The fraction of sp³-hybridized carbons (Fsp3) is 0.318. The van der Waals surface area contributed by atoms with Gasteiger partial charge in [-0.1, -0.05) is 18.9 Å². The number of halogens is 3. The predicted molar refractivity (Wildman–Crippen MR) is 99.8 cm³/mol. The summed E-state index contributed by atoms with van der Waals surface area (Å²) in [4.78, 5) is 12.0. The van der Waals surface area contributed by atoms with E-state index in [4.69, 9.17) is 9.47 Å². The summed E-state index contributed by atoms with van der Waals surface area (Å²) in [5, 5.41) is 0. The van der Waals surface area contributed by atoms with E-state index in [9.17, 15) is 18.0 Å². The summed E-state index contributed by atoms with van der Waals surface area (Å²) in [6.07, 6.45) is 5.96. The molecule has 2 aromatic carbocycles. The highest BCUT2D eigenvalue weighted by molar-refractivity contribution is 5.93. The molecule has 3 rings (SSSR count). The van der Waals surface area contributed by atoms with E-state index in [1.807, 2.05) is 0 Å². The first-order valence-corrected chi connectivity index (χ1v) is 9.22. The van der Waals surface area contributed by atoms with Crippen molar-refractivity contribution in [1.29, 1.82) is 0 Å². The van der Waals surface area contributed by atoms with Crippen LogP contribution >= 0.6 is 0 Å². The zero-order chi connectivity index (χ0) is 20.1. The Morgan fingerprint density at radius 3 is 2.43 bits per heavy atom. The summed E-state index contributed by atoms with van der Waals surface area (Å²) in [5.74, 6) is -3.17. The van der Waals surface area contributed by atoms with E-state index in [1.54, 1.807) is 18.2 Å². The number of hydrogen-bond acceptors (Lipinski definition) is 3. The molecule has 2 aromatic rings. The number of methoxy groups -OCH3 is 1. The maximum atomic E-state index is 14.6. The van der Waals surface area contributed by atoms with Crippen molar-refractivity contribution in [2.24, 2.45) is 0 Å². The van der Waals surface area contributed by atoms with Crippen LogP contribution in [0.25, 0.3) is 5.57 Å². The molecule has 0 unspecified atom stereocenters. The second kappa shape index (κ2) is 8.95. The molecule has 0 spiro atoms. The van der Waals surface area contributed by atoms with Crippen molar-refractivity contribution in [3.63, 3.8) is 0 Å². The quantitative estimate of drug-likeness (QED) is 0.620. The largest absolute Gasteiger partial charge is 0.493 e. The minimum Gasteiger partial charge on any atom is -0.493 e. The van der Waals surface area contributed by atoms with Gasteiger partial charge >= 0.3 is 5.97 Å². The summed E-state index contributed by atoms with van der Waals surface area (Å²) in [6.45, 7) is 0.451. The predicted octanol–water partition coefficient (Wildman–Crippen LogP) is 5.67. The highest BCUT2D eigenvalue weighted by atomic mass is 19.1. The SMILES string of the molecule is COC(=O)c1ccc2c(c1)/C(c1c(F)cc(F)cc1F)=C\CCCCCCO2. The van der Waals surface area contributed by atoms with E-state index >= 15 is 0 Å². The molecule has 3 nitrogen and oxygen atoms in total. The molecule has 0 radical (unpaired) electrons. The van der Waals surface area contributed by atoms with Crippen LogP contribution in [-0.4, -0.2) is 19.7 Å². The number of carbonyl (C=O) groups is 1. The Morgan fingerprint density at radius 2 is 1.71 bits per heavy atom. The molecule has 1 heterocycles. The summed E-state index contributed by atoms with van der Waals surface area (Å²) in [5.41, 5.74) is 0.493. The minimum atomic E-state index is -1.01. The molecule has 0 saturated heterocycles. The number of hydrogen-bond donors (Lipinski definition) is 0. The lowest BCUT2D eigenvalue weighted by atomic mass is 9.93. The number of rotatable bonds is 2. The van der Waals surface area contributed by atoms with Crippen molar-refractivity contribution in [1.82, 2.24) is 0 Å². The Morgan fingerprint density at radius 1 is 1.00 bits per heavy atom. The van der Waals surface area contributed by atoms with Crippen molar-refractivity contribution < 1.29 is 27.4 Å². The average molecular weight is 390 g/mol. The van der Waals surface area contributed by atoms with Crippen LogP contribution in [0.15, 0.2) is 36.4 Å². The van der Waals surface area contributed by atoms with Gasteiger partial charge in [0.1, 0.15) is 23.2 Å². The Kier molecular flexibility index (Phi) is 6.39. The van der Waals surface area contributed by atoms with Crippen molar-refractivity contribution >= 4 is 11.5 Å². The lowest BCUT2D eigenvalue weighted by molar-refractivity contribution is 0.0600. The number of allylic oxidation sites excluding steroid dienone is 1. The van der Waals surface area contributed by atoms with Gasteiger partial charge in [-0.05, 0) is 43.0 Å². The first kappa shape index (κ1) is 20.0. The van der Waals surface area contributed by atoms with Gasteiger partial charge in [0.2, 0.25) is 0 Å². The molecule has 0 fully saturated rings. The van der Waals surface area contributed by atoms with Gasteiger partial charge in [0.15, 0.2) is 0 Å². The van der Waals surface area contributed by atoms with Crippen molar-refractivity contribution in [3.8, 4) is 5.75 Å². The Balaban J connectivity index is 2.22. The number of carbonyl (C=O) groups excluding carboxylic acids is 1. The van der Waals surface area contributed by atoms with E-state index in [1.165, 1.54) is 13.2 Å².